The van der Waals surface area contributed by atoms with Crippen LogP contribution in [-0.4, -0.2) is 44.7 Å². The number of allylic oxidation sites excluding steroid dienone is 1. The Kier molecular flexibility index (Phi) is 9.27. The van der Waals surface area contributed by atoms with E-state index in [1.807, 2.05) is 36.4 Å². The van der Waals surface area contributed by atoms with Crippen molar-refractivity contribution in [3.63, 3.8) is 0 Å². The van der Waals surface area contributed by atoms with Crippen molar-refractivity contribution in [2.24, 2.45) is 17.8 Å². The highest BCUT2D eigenvalue weighted by Crippen LogP contribution is 2.51. The molecular weight excluding hydrogens is 656 g/mol. The summed E-state index contributed by atoms with van der Waals surface area (Å²) in [5.74, 6) is 4.45. The van der Waals surface area contributed by atoms with Crippen LogP contribution in [0.5, 0.6) is 11.5 Å². The summed E-state index contributed by atoms with van der Waals surface area (Å²) in [6, 6.07) is 19.0. The summed E-state index contributed by atoms with van der Waals surface area (Å²) in [4.78, 5) is 41.0. The third-order valence-corrected chi connectivity index (χ3v) is 12.2. The summed E-state index contributed by atoms with van der Waals surface area (Å²) in [6.45, 7) is -0.152. The van der Waals surface area contributed by atoms with E-state index in [0.29, 0.717) is 67.2 Å². The molecule has 7 atom stereocenters. The van der Waals surface area contributed by atoms with Crippen molar-refractivity contribution in [3.8, 4) is 23.3 Å². The number of aryl methyl sites for hydroxylation is 1. The van der Waals surface area contributed by atoms with E-state index >= 15 is 0 Å². The summed E-state index contributed by atoms with van der Waals surface area (Å²) in [7, 11) is 0. The molecule has 0 radical (unpaired) electrons. The molecule has 3 aliphatic heterocycles. The van der Waals surface area contributed by atoms with Crippen LogP contribution in [0.1, 0.15) is 96.6 Å². The number of carbonyl (C=O) groups excluding carboxylic acids is 3. The van der Waals surface area contributed by atoms with Crippen molar-refractivity contribution < 1.29 is 39.2 Å². The Labute approximate surface area is 303 Å². The number of ketones is 1. The molecule has 8 heteroatoms. The van der Waals surface area contributed by atoms with Crippen LogP contribution >= 0.6 is 0 Å². The molecule has 2 saturated carbocycles. The number of aliphatic hydroxyl groups is 2. The van der Waals surface area contributed by atoms with Gasteiger partial charge in [0.2, 0.25) is 0 Å². The fourth-order valence-corrected chi connectivity index (χ4v) is 9.57. The minimum Gasteiger partial charge on any atom is -0.508 e. The monoisotopic (exact) mass is 700 g/mol. The third-order valence-electron chi connectivity index (χ3n) is 12.2. The van der Waals surface area contributed by atoms with Gasteiger partial charge in [0, 0.05) is 41.9 Å². The van der Waals surface area contributed by atoms with Gasteiger partial charge in [-0.05, 0) is 90.7 Å². The predicted octanol–water partition coefficient (Wildman–Crippen LogP) is 6.16. The maximum absolute atomic E-state index is 14.6. The number of phenolic OH excluding ortho intramolecular Hbond substituents is 1. The lowest BCUT2D eigenvalue weighted by Gasteiger charge is -2.52. The average molecular weight is 701 g/mol. The maximum atomic E-state index is 14.6. The van der Waals surface area contributed by atoms with E-state index in [9.17, 15) is 29.7 Å². The Hall–Kier alpha value is -4.71. The van der Waals surface area contributed by atoms with Gasteiger partial charge in [-0.15, -0.1) is 0 Å². The Morgan fingerprint density at radius 2 is 1.69 bits per heavy atom. The molecule has 52 heavy (non-hydrogen) atoms. The second-order valence-electron chi connectivity index (χ2n) is 15.4. The average Bonchev–Trinajstić information content (AvgIpc) is 3.14. The zero-order valence-electron chi connectivity index (χ0n) is 29.2. The van der Waals surface area contributed by atoms with E-state index in [4.69, 9.17) is 9.47 Å². The van der Waals surface area contributed by atoms with Gasteiger partial charge in [-0.2, -0.15) is 0 Å². The van der Waals surface area contributed by atoms with Gasteiger partial charge in [-0.1, -0.05) is 72.9 Å². The highest BCUT2D eigenvalue weighted by molar-refractivity contribution is 5.89. The second kappa shape index (κ2) is 14.0. The smallest absolute Gasteiger partial charge is 0.334 e. The van der Waals surface area contributed by atoms with Crippen LogP contribution in [0.2, 0.25) is 0 Å². The first-order valence-corrected chi connectivity index (χ1v) is 18.7. The lowest BCUT2D eigenvalue weighted by molar-refractivity contribution is -0.191. The van der Waals surface area contributed by atoms with E-state index in [-0.39, 0.29) is 60.9 Å². The van der Waals surface area contributed by atoms with E-state index in [1.54, 1.807) is 6.07 Å². The molecule has 0 aromatic heterocycles. The Morgan fingerprint density at radius 1 is 0.865 bits per heavy atom. The van der Waals surface area contributed by atoms with Gasteiger partial charge in [-0.3, -0.25) is 9.59 Å². The highest BCUT2D eigenvalue weighted by atomic mass is 16.6. The summed E-state index contributed by atoms with van der Waals surface area (Å²) in [5, 5.41) is 34.3. The molecule has 7 unspecified atom stereocenters. The van der Waals surface area contributed by atoms with Crippen LogP contribution in [-0.2, 0) is 45.0 Å². The Morgan fingerprint density at radius 3 is 2.56 bits per heavy atom. The molecule has 3 aromatic carbocycles. The number of rotatable bonds is 2. The number of aliphatic hydroxyl groups excluding tert-OH is 1. The van der Waals surface area contributed by atoms with Gasteiger partial charge in [0.25, 0.3) is 0 Å². The minimum atomic E-state index is -1.45. The number of benzene rings is 3. The number of esters is 2. The first-order chi connectivity index (χ1) is 25.2. The summed E-state index contributed by atoms with van der Waals surface area (Å²) in [5.41, 5.74) is 3.84. The summed E-state index contributed by atoms with van der Waals surface area (Å²) in [6.07, 6.45) is 5.70. The molecule has 268 valence electrons. The standard InChI is InChI=1S/C44H44O8/c45-25-28-8-3-9-29(18-28)30-12-13-31-23-42(48)51-40-24-39(47)33(21-35(31)40)22-41-44(50)16-4-11-34-36(38(46)15-14-37(34)44)19-27-7-1-5-26(17-27)6-2-10-32(20-30)43(49)52-41/h1,3,5,7-10,17-18,21,24,30-31,34,36-37,41,45,47,50H,2,4,6,11,14-16,19-20,22-23,25H2. The summed E-state index contributed by atoms with van der Waals surface area (Å²) >= 11 is 0. The minimum absolute atomic E-state index is 0.0251. The number of hydrogen-bond donors (Lipinski definition) is 3. The molecular formula is C44H44O8. The largest absolute Gasteiger partial charge is 0.508 e. The molecule has 3 aromatic rings. The number of carbonyl (C=O) groups is 3. The van der Waals surface area contributed by atoms with Gasteiger partial charge in [0.1, 0.15) is 29.0 Å². The quantitative estimate of drug-likeness (QED) is 0.165. The molecule has 2 fully saturated rings. The molecule has 8 nitrogen and oxygen atoms in total. The van der Waals surface area contributed by atoms with Crippen LogP contribution in [0.4, 0.5) is 0 Å². The first kappa shape index (κ1) is 34.4. The molecule has 5 aliphatic rings. The van der Waals surface area contributed by atoms with Gasteiger partial charge in [0.05, 0.1) is 18.9 Å². The zero-order chi connectivity index (χ0) is 36.0. The number of phenols is 1. The van der Waals surface area contributed by atoms with Crippen molar-refractivity contribution in [3.05, 3.63) is 106 Å². The number of Topliss-reactive ketones (excluding diaryl/α,β-unsaturated/α-hetero) is 1. The molecule has 8 rings (SSSR count). The van der Waals surface area contributed by atoms with Crippen LogP contribution in [0.25, 0.3) is 0 Å². The van der Waals surface area contributed by atoms with Crippen LogP contribution in [0.3, 0.4) is 0 Å². The first-order valence-electron chi connectivity index (χ1n) is 18.7. The molecule has 3 heterocycles. The molecule has 10 bridgehead atoms. The van der Waals surface area contributed by atoms with Crippen molar-refractivity contribution >= 4 is 17.7 Å². The van der Waals surface area contributed by atoms with Crippen molar-refractivity contribution in [1.82, 2.24) is 0 Å². The molecule has 2 aliphatic carbocycles. The summed E-state index contributed by atoms with van der Waals surface area (Å²) < 4.78 is 12.1. The fourth-order valence-electron chi connectivity index (χ4n) is 9.57. The lowest BCUT2D eigenvalue weighted by atomic mass is 9.56. The fraction of sp³-hybridized carbons (Fsp3) is 0.432. The van der Waals surface area contributed by atoms with Gasteiger partial charge < -0.3 is 24.8 Å². The Balaban J connectivity index is 1.31. The van der Waals surface area contributed by atoms with E-state index in [1.165, 1.54) is 6.07 Å². The number of aromatic hydroxyl groups is 1. The number of hydrogen-bond acceptors (Lipinski definition) is 8. The number of ether oxygens (including phenoxy) is 2. The molecule has 3 N–H and O–H groups in total. The highest BCUT2D eigenvalue weighted by Gasteiger charge is 2.55. The molecule has 0 saturated heterocycles. The van der Waals surface area contributed by atoms with Crippen LogP contribution < -0.4 is 4.74 Å². The van der Waals surface area contributed by atoms with E-state index < -0.39 is 35.5 Å². The molecule has 0 amide bonds. The third kappa shape index (κ3) is 6.57. The van der Waals surface area contributed by atoms with Crippen molar-refractivity contribution in [1.29, 1.82) is 0 Å². The lowest BCUT2D eigenvalue weighted by Crippen LogP contribution is -2.59. The predicted molar refractivity (Wildman–Crippen MR) is 192 cm³/mol. The zero-order valence-corrected chi connectivity index (χ0v) is 29.2. The van der Waals surface area contributed by atoms with E-state index in [0.717, 1.165) is 23.1 Å². The normalized spacial score (nSPS) is 30.0. The van der Waals surface area contributed by atoms with E-state index in [2.05, 4.69) is 30.0 Å². The van der Waals surface area contributed by atoms with Crippen LogP contribution in [0, 0.1) is 29.6 Å². The van der Waals surface area contributed by atoms with Crippen molar-refractivity contribution in [2.45, 2.75) is 101 Å². The second-order valence-corrected chi connectivity index (χ2v) is 15.4. The van der Waals surface area contributed by atoms with Crippen molar-refractivity contribution in [2.75, 3.05) is 0 Å². The van der Waals surface area contributed by atoms with Gasteiger partial charge in [-0.25, -0.2) is 4.79 Å². The van der Waals surface area contributed by atoms with Gasteiger partial charge in [0.15, 0.2) is 0 Å². The van der Waals surface area contributed by atoms with Gasteiger partial charge >= 0.3 is 11.9 Å². The number of fused-ring (bicyclic) bond motifs is 7. The SMILES string of the molecule is O=C1CC2C#CC(c3cccc(CO)c3)CC3=CCCc4cccc(c4)CC4C(=O)CCC5C4CCCC5(O)C(Cc4cc2c(cc4O)O1)OC3=O. The molecule has 0 spiro atoms. The Bertz CT molecular complexity index is 2020. The van der Waals surface area contributed by atoms with Crippen LogP contribution in [0.15, 0.2) is 72.3 Å². The maximum Gasteiger partial charge on any atom is 0.334 e. The topological polar surface area (TPSA) is 130 Å².